The summed E-state index contributed by atoms with van der Waals surface area (Å²) >= 11 is 0. The Kier molecular flexibility index (Phi) is 6.10. The molecule has 0 aromatic heterocycles. The molecule has 1 aromatic rings. The predicted octanol–water partition coefficient (Wildman–Crippen LogP) is 1.74. The highest BCUT2D eigenvalue weighted by Gasteiger charge is 2.20. The lowest BCUT2D eigenvalue weighted by Gasteiger charge is -2.21. The third kappa shape index (κ3) is 4.42. The summed E-state index contributed by atoms with van der Waals surface area (Å²) in [7, 11) is 0. The van der Waals surface area contributed by atoms with Crippen LogP contribution in [0.25, 0.3) is 0 Å². The van der Waals surface area contributed by atoms with Crippen molar-refractivity contribution in [2.45, 2.75) is 26.8 Å². The molecule has 116 valence electrons. The number of hydrogen-bond acceptors (Lipinski definition) is 5. The first-order chi connectivity index (χ1) is 9.90. The Morgan fingerprint density at radius 2 is 2.10 bits per heavy atom. The van der Waals surface area contributed by atoms with Gasteiger partial charge in [-0.2, -0.15) is 0 Å². The zero-order chi connectivity index (χ0) is 16.0. The quantitative estimate of drug-likeness (QED) is 0.524. The van der Waals surface area contributed by atoms with Crippen molar-refractivity contribution in [1.82, 2.24) is 5.32 Å². The lowest BCUT2D eigenvalue weighted by atomic mass is 10.0. The van der Waals surface area contributed by atoms with Crippen molar-refractivity contribution >= 4 is 17.3 Å². The first-order valence-corrected chi connectivity index (χ1v) is 6.93. The van der Waals surface area contributed by atoms with Crippen molar-refractivity contribution in [2.24, 2.45) is 11.7 Å². The van der Waals surface area contributed by atoms with Gasteiger partial charge in [0.05, 0.1) is 4.92 Å². The average molecular weight is 294 g/mol. The van der Waals surface area contributed by atoms with E-state index in [-0.39, 0.29) is 29.1 Å². The Balaban J connectivity index is 3.10. The number of rotatable bonds is 7. The SMILES string of the molecule is CCNC(=O)c1ccc(NC(CN)C(C)C)c([N+](=O)[O-])c1. The maximum atomic E-state index is 11.7. The minimum Gasteiger partial charge on any atom is -0.375 e. The summed E-state index contributed by atoms with van der Waals surface area (Å²) in [6.07, 6.45) is 0. The first kappa shape index (κ1) is 16.9. The molecule has 0 aliphatic rings. The zero-order valence-electron chi connectivity index (χ0n) is 12.6. The third-order valence-electron chi connectivity index (χ3n) is 3.19. The normalized spacial score (nSPS) is 12.0. The number of nitro benzene ring substituents is 1. The third-order valence-corrected chi connectivity index (χ3v) is 3.19. The summed E-state index contributed by atoms with van der Waals surface area (Å²) in [5, 5.41) is 16.9. The van der Waals surface area contributed by atoms with Gasteiger partial charge in [-0.3, -0.25) is 14.9 Å². The van der Waals surface area contributed by atoms with Gasteiger partial charge in [0.15, 0.2) is 0 Å². The second kappa shape index (κ2) is 7.58. The monoisotopic (exact) mass is 294 g/mol. The average Bonchev–Trinajstić information content (AvgIpc) is 2.44. The molecular formula is C14H22N4O3. The molecule has 0 bridgehead atoms. The fraction of sp³-hybridized carbons (Fsp3) is 0.500. The van der Waals surface area contributed by atoms with E-state index in [1.165, 1.54) is 6.07 Å². The van der Waals surface area contributed by atoms with E-state index >= 15 is 0 Å². The summed E-state index contributed by atoms with van der Waals surface area (Å²) in [6, 6.07) is 4.32. The highest BCUT2D eigenvalue weighted by molar-refractivity contribution is 5.95. The van der Waals surface area contributed by atoms with E-state index in [2.05, 4.69) is 10.6 Å². The molecule has 0 saturated carbocycles. The van der Waals surface area contributed by atoms with Gasteiger partial charge in [0.2, 0.25) is 0 Å². The molecular weight excluding hydrogens is 272 g/mol. The number of nitrogens with one attached hydrogen (secondary N) is 2. The highest BCUT2D eigenvalue weighted by atomic mass is 16.6. The van der Waals surface area contributed by atoms with Gasteiger partial charge in [0.25, 0.3) is 11.6 Å². The van der Waals surface area contributed by atoms with Gasteiger partial charge in [-0.1, -0.05) is 13.8 Å². The molecule has 21 heavy (non-hydrogen) atoms. The second-order valence-corrected chi connectivity index (χ2v) is 5.08. The maximum absolute atomic E-state index is 11.7. The molecule has 7 nitrogen and oxygen atoms in total. The van der Waals surface area contributed by atoms with Gasteiger partial charge < -0.3 is 16.4 Å². The van der Waals surface area contributed by atoms with Crippen molar-refractivity contribution in [3.05, 3.63) is 33.9 Å². The summed E-state index contributed by atoms with van der Waals surface area (Å²) in [4.78, 5) is 22.4. The number of anilines is 1. The van der Waals surface area contributed by atoms with Crippen molar-refractivity contribution < 1.29 is 9.72 Å². The van der Waals surface area contributed by atoms with Crippen LogP contribution >= 0.6 is 0 Å². The van der Waals surface area contributed by atoms with Crippen LogP contribution in [0.1, 0.15) is 31.1 Å². The van der Waals surface area contributed by atoms with Gasteiger partial charge in [0.1, 0.15) is 5.69 Å². The van der Waals surface area contributed by atoms with E-state index in [1.54, 1.807) is 19.1 Å². The standard InChI is InChI=1S/C14H22N4O3/c1-4-16-14(19)10-5-6-11(13(7-10)18(20)21)17-12(8-15)9(2)3/h5-7,9,12,17H,4,8,15H2,1-3H3,(H,16,19). The van der Waals surface area contributed by atoms with Crippen LogP contribution in [0.3, 0.4) is 0 Å². The Morgan fingerprint density at radius 3 is 2.57 bits per heavy atom. The van der Waals surface area contributed by atoms with Crippen molar-refractivity contribution in [2.75, 3.05) is 18.4 Å². The molecule has 1 amide bonds. The Hall–Kier alpha value is -2.15. The number of hydrogen-bond donors (Lipinski definition) is 3. The molecule has 1 rings (SSSR count). The fourth-order valence-electron chi connectivity index (χ4n) is 1.91. The van der Waals surface area contributed by atoms with E-state index < -0.39 is 4.92 Å². The molecule has 1 atom stereocenters. The van der Waals surface area contributed by atoms with Crippen LogP contribution < -0.4 is 16.4 Å². The summed E-state index contributed by atoms with van der Waals surface area (Å²) in [5.41, 5.74) is 6.18. The van der Waals surface area contributed by atoms with E-state index in [4.69, 9.17) is 5.73 Å². The van der Waals surface area contributed by atoms with E-state index in [0.717, 1.165) is 0 Å². The van der Waals surface area contributed by atoms with Crippen molar-refractivity contribution in [3.63, 3.8) is 0 Å². The Labute approximate surface area is 124 Å². The number of nitrogens with two attached hydrogens (primary N) is 1. The van der Waals surface area contributed by atoms with Crippen LogP contribution in [-0.4, -0.2) is 30.0 Å². The molecule has 0 fully saturated rings. The Morgan fingerprint density at radius 1 is 1.43 bits per heavy atom. The second-order valence-electron chi connectivity index (χ2n) is 5.08. The molecule has 0 heterocycles. The first-order valence-electron chi connectivity index (χ1n) is 6.93. The Bertz CT molecular complexity index is 517. The summed E-state index contributed by atoms with van der Waals surface area (Å²) < 4.78 is 0. The number of benzene rings is 1. The molecule has 4 N–H and O–H groups in total. The van der Waals surface area contributed by atoms with Gasteiger partial charge >= 0.3 is 0 Å². The van der Waals surface area contributed by atoms with Gasteiger partial charge in [-0.15, -0.1) is 0 Å². The van der Waals surface area contributed by atoms with Crippen LogP contribution in [0.15, 0.2) is 18.2 Å². The molecule has 0 aliphatic heterocycles. The van der Waals surface area contributed by atoms with Crippen molar-refractivity contribution in [1.29, 1.82) is 0 Å². The molecule has 0 spiro atoms. The van der Waals surface area contributed by atoms with E-state index in [9.17, 15) is 14.9 Å². The van der Waals surface area contributed by atoms with Crippen molar-refractivity contribution in [3.8, 4) is 0 Å². The van der Waals surface area contributed by atoms with Gasteiger partial charge in [0, 0.05) is 30.8 Å². The molecule has 1 aromatic carbocycles. The molecule has 0 saturated heterocycles. The minimum absolute atomic E-state index is 0.0704. The fourth-order valence-corrected chi connectivity index (χ4v) is 1.91. The number of amides is 1. The number of carbonyl (C=O) groups excluding carboxylic acids is 1. The smallest absolute Gasteiger partial charge is 0.293 e. The van der Waals surface area contributed by atoms with Crippen LogP contribution in [0.4, 0.5) is 11.4 Å². The number of carbonyl (C=O) groups is 1. The lowest BCUT2D eigenvalue weighted by molar-refractivity contribution is -0.384. The minimum atomic E-state index is -0.501. The molecule has 1 unspecified atom stereocenters. The lowest BCUT2D eigenvalue weighted by Crippen LogP contribution is -2.34. The van der Waals surface area contributed by atoms with Crippen LogP contribution in [0.2, 0.25) is 0 Å². The van der Waals surface area contributed by atoms with Crippen LogP contribution in [-0.2, 0) is 0 Å². The number of nitrogens with zero attached hydrogens (tertiary/aromatic N) is 1. The molecule has 7 heteroatoms. The van der Waals surface area contributed by atoms with Crippen LogP contribution in [0, 0.1) is 16.0 Å². The van der Waals surface area contributed by atoms with Gasteiger partial charge in [-0.05, 0) is 25.0 Å². The highest BCUT2D eigenvalue weighted by Crippen LogP contribution is 2.27. The topological polar surface area (TPSA) is 110 Å². The molecule has 0 radical (unpaired) electrons. The largest absolute Gasteiger partial charge is 0.375 e. The summed E-state index contributed by atoms with van der Waals surface area (Å²) in [5.74, 6) is -0.0935. The van der Waals surface area contributed by atoms with E-state index in [1.807, 2.05) is 13.8 Å². The van der Waals surface area contributed by atoms with E-state index in [0.29, 0.717) is 18.8 Å². The zero-order valence-corrected chi connectivity index (χ0v) is 12.6. The molecule has 0 aliphatic carbocycles. The summed E-state index contributed by atoms with van der Waals surface area (Å²) in [6.45, 7) is 6.59. The predicted molar refractivity (Wildman–Crippen MR) is 82.4 cm³/mol. The van der Waals surface area contributed by atoms with Gasteiger partial charge in [-0.25, -0.2) is 0 Å². The number of nitro groups is 1. The van der Waals surface area contributed by atoms with Crippen LogP contribution in [0.5, 0.6) is 0 Å². The maximum Gasteiger partial charge on any atom is 0.293 e.